The van der Waals surface area contributed by atoms with Gasteiger partial charge in [0.2, 0.25) is 5.91 Å². The van der Waals surface area contributed by atoms with Gasteiger partial charge in [-0.15, -0.1) is 0 Å². The lowest BCUT2D eigenvalue weighted by atomic mass is 9.99. The fourth-order valence-corrected chi connectivity index (χ4v) is 3.18. The van der Waals surface area contributed by atoms with Gasteiger partial charge in [0, 0.05) is 26.6 Å². The second-order valence-electron chi connectivity index (χ2n) is 5.84. The van der Waals surface area contributed by atoms with Crippen LogP contribution in [-0.2, 0) is 9.53 Å². The Morgan fingerprint density at radius 1 is 1.27 bits per heavy atom. The van der Waals surface area contributed by atoms with Gasteiger partial charge in [0.05, 0.1) is 24.9 Å². The van der Waals surface area contributed by atoms with Gasteiger partial charge < -0.3 is 14.5 Å². The van der Waals surface area contributed by atoms with E-state index in [9.17, 15) is 9.59 Å². The van der Waals surface area contributed by atoms with E-state index in [4.69, 9.17) is 4.74 Å². The summed E-state index contributed by atoms with van der Waals surface area (Å²) in [5.74, 6) is -0.00339. The first-order valence-electron chi connectivity index (χ1n) is 7.86. The van der Waals surface area contributed by atoms with Crippen molar-refractivity contribution in [2.75, 3.05) is 32.8 Å². The van der Waals surface area contributed by atoms with Gasteiger partial charge in [0.15, 0.2) is 0 Å². The first-order valence-corrected chi connectivity index (χ1v) is 7.86. The SMILES string of the molecule is CC(=O)N1CCCCC1c1cc(C(=O)N2CCOCC2)n[nH]1. The Morgan fingerprint density at radius 2 is 2.05 bits per heavy atom. The van der Waals surface area contributed by atoms with Gasteiger partial charge in [0.1, 0.15) is 5.69 Å². The summed E-state index contributed by atoms with van der Waals surface area (Å²) in [4.78, 5) is 27.8. The van der Waals surface area contributed by atoms with Crippen LogP contribution in [0.1, 0.15) is 48.4 Å². The Labute approximate surface area is 129 Å². The number of rotatable bonds is 2. The topological polar surface area (TPSA) is 78.5 Å². The van der Waals surface area contributed by atoms with Crippen LogP contribution in [0.2, 0.25) is 0 Å². The van der Waals surface area contributed by atoms with Crippen molar-refractivity contribution in [1.29, 1.82) is 0 Å². The van der Waals surface area contributed by atoms with E-state index < -0.39 is 0 Å². The van der Waals surface area contributed by atoms with E-state index in [-0.39, 0.29) is 17.9 Å². The van der Waals surface area contributed by atoms with Crippen molar-refractivity contribution >= 4 is 11.8 Å². The van der Waals surface area contributed by atoms with E-state index in [0.29, 0.717) is 32.0 Å². The number of hydrogen-bond acceptors (Lipinski definition) is 4. The van der Waals surface area contributed by atoms with E-state index in [2.05, 4.69) is 10.2 Å². The quantitative estimate of drug-likeness (QED) is 0.882. The van der Waals surface area contributed by atoms with E-state index in [1.807, 2.05) is 4.90 Å². The van der Waals surface area contributed by atoms with E-state index in [1.165, 1.54) is 0 Å². The summed E-state index contributed by atoms with van der Waals surface area (Å²) in [6.45, 7) is 4.71. The number of amides is 2. The Balaban J connectivity index is 1.74. The minimum Gasteiger partial charge on any atom is -0.378 e. The molecule has 0 aromatic carbocycles. The zero-order chi connectivity index (χ0) is 15.5. The van der Waals surface area contributed by atoms with Crippen molar-refractivity contribution in [1.82, 2.24) is 20.0 Å². The number of nitrogens with zero attached hydrogens (tertiary/aromatic N) is 3. The molecule has 1 aromatic heterocycles. The van der Waals surface area contributed by atoms with Crippen LogP contribution in [0, 0.1) is 0 Å². The van der Waals surface area contributed by atoms with Crippen molar-refractivity contribution in [2.24, 2.45) is 0 Å². The normalized spacial score (nSPS) is 22.7. The van der Waals surface area contributed by atoms with E-state index >= 15 is 0 Å². The first-order chi connectivity index (χ1) is 10.7. The molecule has 0 radical (unpaired) electrons. The summed E-state index contributed by atoms with van der Waals surface area (Å²) in [5.41, 5.74) is 1.28. The molecule has 2 aliphatic rings. The third-order valence-corrected chi connectivity index (χ3v) is 4.38. The van der Waals surface area contributed by atoms with Crippen molar-refractivity contribution in [3.8, 4) is 0 Å². The second kappa shape index (κ2) is 6.48. The van der Waals surface area contributed by atoms with Gasteiger partial charge in [-0.2, -0.15) is 5.10 Å². The predicted molar refractivity (Wildman–Crippen MR) is 79.3 cm³/mol. The molecule has 22 heavy (non-hydrogen) atoms. The molecule has 0 spiro atoms. The smallest absolute Gasteiger partial charge is 0.274 e. The number of hydrogen-bond donors (Lipinski definition) is 1. The molecule has 2 amide bonds. The van der Waals surface area contributed by atoms with Crippen LogP contribution in [0.4, 0.5) is 0 Å². The molecule has 7 heteroatoms. The van der Waals surface area contributed by atoms with Gasteiger partial charge in [-0.25, -0.2) is 0 Å². The highest BCUT2D eigenvalue weighted by Gasteiger charge is 2.29. The number of piperidine rings is 1. The van der Waals surface area contributed by atoms with Gasteiger partial charge in [-0.1, -0.05) is 0 Å². The van der Waals surface area contributed by atoms with Crippen molar-refractivity contribution < 1.29 is 14.3 Å². The fraction of sp³-hybridized carbons (Fsp3) is 0.667. The van der Waals surface area contributed by atoms with Crippen LogP contribution in [-0.4, -0.2) is 64.7 Å². The monoisotopic (exact) mass is 306 g/mol. The van der Waals surface area contributed by atoms with Crippen molar-refractivity contribution in [3.05, 3.63) is 17.5 Å². The summed E-state index contributed by atoms with van der Waals surface area (Å²) in [7, 11) is 0. The summed E-state index contributed by atoms with van der Waals surface area (Å²) in [6.07, 6.45) is 3.02. The molecule has 0 aliphatic carbocycles. The average Bonchev–Trinajstić information content (AvgIpc) is 3.04. The Kier molecular flexibility index (Phi) is 4.42. The molecule has 3 heterocycles. The van der Waals surface area contributed by atoms with Crippen LogP contribution < -0.4 is 0 Å². The number of carbonyl (C=O) groups is 2. The number of H-pyrrole nitrogens is 1. The van der Waals surface area contributed by atoms with Crippen LogP contribution in [0.25, 0.3) is 0 Å². The van der Waals surface area contributed by atoms with Crippen molar-refractivity contribution in [2.45, 2.75) is 32.2 Å². The fourth-order valence-electron chi connectivity index (χ4n) is 3.18. The van der Waals surface area contributed by atoms with Crippen LogP contribution >= 0.6 is 0 Å². The third kappa shape index (κ3) is 2.99. The van der Waals surface area contributed by atoms with Crippen LogP contribution in [0.3, 0.4) is 0 Å². The molecule has 0 bridgehead atoms. The molecule has 1 aromatic rings. The molecule has 2 aliphatic heterocycles. The summed E-state index contributed by atoms with van der Waals surface area (Å²) in [5, 5.41) is 7.12. The van der Waals surface area contributed by atoms with Gasteiger partial charge >= 0.3 is 0 Å². The number of morpholine rings is 1. The minimum absolute atomic E-state index is 0.00462. The molecule has 1 N–H and O–H groups in total. The molecule has 1 unspecified atom stereocenters. The lowest BCUT2D eigenvalue weighted by molar-refractivity contribution is -0.132. The van der Waals surface area contributed by atoms with Crippen LogP contribution in [0.5, 0.6) is 0 Å². The number of carbonyl (C=O) groups excluding carboxylic acids is 2. The zero-order valence-corrected chi connectivity index (χ0v) is 12.9. The van der Waals surface area contributed by atoms with Crippen LogP contribution in [0.15, 0.2) is 6.07 Å². The summed E-state index contributed by atoms with van der Waals surface area (Å²) < 4.78 is 5.26. The second-order valence-corrected chi connectivity index (χ2v) is 5.84. The van der Waals surface area contributed by atoms with E-state index in [1.54, 1.807) is 17.9 Å². The summed E-state index contributed by atoms with van der Waals surface area (Å²) >= 11 is 0. The first kappa shape index (κ1) is 15.0. The highest BCUT2D eigenvalue weighted by Crippen LogP contribution is 2.30. The number of aromatic nitrogens is 2. The third-order valence-electron chi connectivity index (χ3n) is 4.38. The maximum absolute atomic E-state index is 12.4. The largest absolute Gasteiger partial charge is 0.378 e. The van der Waals surface area contributed by atoms with Gasteiger partial charge in [-0.3, -0.25) is 14.7 Å². The standard InChI is InChI=1S/C15H22N4O3/c1-11(20)19-5-3-2-4-14(19)12-10-13(17-16-12)15(21)18-6-8-22-9-7-18/h10,14H,2-9H2,1H3,(H,16,17). The number of aromatic amines is 1. The lowest BCUT2D eigenvalue weighted by Gasteiger charge is -2.34. The minimum atomic E-state index is -0.0732. The number of ether oxygens (including phenoxy) is 1. The number of likely N-dealkylation sites (tertiary alicyclic amines) is 1. The predicted octanol–water partition coefficient (Wildman–Crippen LogP) is 0.956. The molecule has 2 fully saturated rings. The average molecular weight is 306 g/mol. The molecule has 120 valence electrons. The highest BCUT2D eigenvalue weighted by atomic mass is 16.5. The molecular formula is C15H22N4O3. The highest BCUT2D eigenvalue weighted by molar-refractivity contribution is 5.92. The van der Waals surface area contributed by atoms with Crippen molar-refractivity contribution in [3.63, 3.8) is 0 Å². The maximum Gasteiger partial charge on any atom is 0.274 e. The molecular weight excluding hydrogens is 284 g/mol. The van der Waals surface area contributed by atoms with Gasteiger partial charge in [0.25, 0.3) is 5.91 Å². The Bertz CT molecular complexity index is 551. The maximum atomic E-state index is 12.4. The zero-order valence-electron chi connectivity index (χ0n) is 12.9. The lowest BCUT2D eigenvalue weighted by Crippen LogP contribution is -2.40. The summed E-state index contributed by atoms with van der Waals surface area (Å²) in [6, 6.07) is 1.80. The van der Waals surface area contributed by atoms with E-state index in [0.717, 1.165) is 31.5 Å². The Morgan fingerprint density at radius 3 is 2.77 bits per heavy atom. The molecule has 3 rings (SSSR count). The number of nitrogens with one attached hydrogen (secondary N) is 1. The molecule has 7 nitrogen and oxygen atoms in total. The molecule has 1 atom stereocenters. The Hall–Kier alpha value is -1.89. The molecule has 0 saturated carbocycles. The molecule has 2 saturated heterocycles. The van der Waals surface area contributed by atoms with Gasteiger partial charge in [-0.05, 0) is 25.3 Å².